The first-order chi connectivity index (χ1) is 13.0. The minimum Gasteiger partial charge on any atom is -0.493 e. The smallest absolute Gasteiger partial charge is 0.303 e. The second-order valence-corrected chi connectivity index (χ2v) is 5.82. The number of rotatable bonds is 10. The van der Waals surface area contributed by atoms with Gasteiger partial charge in [-0.15, -0.1) is 0 Å². The molecule has 2 N–H and O–H groups in total. The van der Waals surface area contributed by atoms with Gasteiger partial charge in [0.15, 0.2) is 11.5 Å². The molecule has 0 bridgehead atoms. The van der Waals surface area contributed by atoms with Gasteiger partial charge in [0.1, 0.15) is 12.4 Å². The highest BCUT2D eigenvalue weighted by molar-refractivity contribution is 5.80. The van der Waals surface area contributed by atoms with Crippen LogP contribution in [0.2, 0.25) is 0 Å². The van der Waals surface area contributed by atoms with Gasteiger partial charge in [-0.3, -0.25) is 9.59 Å². The number of carboxylic acid groups (broad SMARTS) is 1. The topological polar surface area (TPSA) is 84.9 Å². The molecule has 1 amide bonds. The molecule has 0 saturated heterocycles. The molecule has 2 rings (SSSR count). The summed E-state index contributed by atoms with van der Waals surface area (Å²) in [7, 11) is 1.52. The van der Waals surface area contributed by atoms with E-state index >= 15 is 0 Å². The molecule has 0 spiro atoms. The summed E-state index contributed by atoms with van der Waals surface area (Å²) in [5.41, 5.74) is 1.22. The van der Waals surface area contributed by atoms with Gasteiger partial charge in [0.25, 0.3) is 0 Å². The molecule has 0 unspecified atom stereocenters. The highest BCUT2D eigenvalue weighted by Crippen LogP contribution is 2.32. The number of benzene rings is 2. The van der Waals surface area contributed by atoms with E-state index in [1.807, 2.05) is 6.07 Å². The van der Waals surface area contributed by atoms with Crippen LogP contribution in [-0.4, -0.2) is 30.6 Å². The lowest BCUT2D eigenvalue weighted by molar-refractivity contribution is -0.138. The van der Waals surface area contributed by atoms with E-state index in [0.717, 1.165) is 5.56 Å². The molecule has 0 heterocycles. The first-order valence-electron chi connectivity index (χ1n) is 8.52. The first kappa shape index (κ1) is 20.2. The third-order valence-corrected chi connectivity index (χ3v) is 3.89. The van der Waals surface area contributed by atoms with Crippen LogP contribution in [0.1, 0.15) is 24.0 Å². The van der Waals surface area contributed by atoms with Gasteiger partial charge in [-0.2, -0.15) is 0 Å². The lowest BCUT2D eigenvalue weighted by atomic mass is 10.1. The summed E-state index contributed by atoms with van der Waals surface area (Å²) in [5, 5.41) is 11.3. The summed E-state index contributed by atoms with van der Waals surface area (Å²) in [6.07, 6.45) is 0.189. The largest absolute Gasteiger partial charge is 0.493 e. The number of carboxylic acids is 1. The maximum atomic E-state index is 13.8. The zero-order chi connectivity index (χ0) is 19.6. The molecule has 0 aliphatic carbocycles. The number of hydrogen-bond donors (Lipinski definition) is 2. The molecule has 0 aliphatic rings. The van der Waals surface area contributed by atoms with Gasteiger partial charge < -0.3 is 19.9 Å². The van der Waals surface area contributed by atoms with Gasteiger partial charge in [-0.05, 0) is 24.1 Å². The lowest BCUT2D eigenvalue weighted by Gasteiger charge is -2.15. The van der Waals surface area contributed by atoms with Crippen LogP contribution in [-0.2, 0) is 22.6 Å². The zero-order valence-electron chi connectivity index (χ0n) is 15.0. The van der Waals surface area contributed by atoms with Crippen LogP contribution in [0.4, 0.5) is 4.39 Å². The summed E-state index contributed by atoms with van der Waals surface area (Å²) >= 11 is 0. The van der Waals surface area contributed by atoms with Crippen molar-refractivity contribution in [2.24, 2.45) is 0 Å². The average Bonchev–Trinajstić information content (AvgIpc) is 2.66. The van der Waals surface area contributed by atoms with Crippen LogP contribution in [0.25, 0.3) is 0 Å². The highest BCUT2D eigenvalue weighted by Gasteiger charge is 2.13. The van der Waals surface area contributed by atoms with Crippen LogP contribution < -0.4 is 14.8 Å². The second kappa shape index (κ2) is 10.2. The lowest BCUT2D eigenvalue weighted by Crippen LogP contribution is -2.26. The van der Waals surface area contributed by atoms with Crippen molar-refractivity contribution < 1.29 is 28.6 Å². The third-order valence-electron chi connectivity index (χ3n) is 3.89. The minimum absolute atomic E-state index is 0.0466. The normalized spacial score (nSPS) is 10.3. The molecule has 0 aliphatic heterocycles. The number of methoxy groups -OCH3 is 1. The summed E-state index contributed by atoms with van der Waals surface area (Å²) in [5.74, 6) is -0.681. The van der Waals surface area contributed by atoms with Crippen molar-refractivity contribution in [3.05, 3.63) is 59.4 Å². The van der Waals surface area contributed by atoms with Gasteiger partial charge >= 0.3 is 5.97 Å². The predicted molar refractivity (Wildman–Crippen MR) is 97.3 cm³/mol. The number of carbonyl (C=O) groups excluding carboxylic acids is 1. The number of halogens is 1. The van der Waals surface area contributed by atoms with Gasteiger partial charge in [0, 0.05) is 18.5 Å². The maximum absolute atomic E-state index is 13.8. The average molecular weight is 375 g/mol. The Hall–Kier alpha value is -3.09. The molecule has 7 heteroatoms. The van der Waals surface area contributed by atoms with Crippen LogP contribution in [0.3, 0.4) is 0 Å². The Kier molecular flexibility index (Phi) is 7.61. The van der Waals surface area contributed by atoms with E-state index < -0.39 is 5.97 Å². The van der Waals surface area contributed by atoms with E-state index in [1.54, 1.807) is 30.3 Å². The maximum Gasteiger partial charge on any atom is 0.303 e. The number of para-hydroxylation sites is 1. The molecule has 6 nitrogen and oxygen atoms in total. The summed E-state index contributed by atoms with van der Waals surface area (Å²) in [4.78, 5) is 22.1. The first-order valence-corrected chi connectivity index (χ1v) is 8.52. The monoisotopic (exact) mass is 375 g/mol. The van der Waals surface area contributed by atoms with Gasteiger partial charge in [0.2, 0.25) is 5.91 Å². The quantitative estimate of drug-likeness (QED) is 0.667. The SMILES string of the molecule is COc1cccc(CCNC(=O)CCC(=O)O)c1OCc1ccccc1F. The van der Waals surface area contributed by atoms with E-state index in [9.17, 15) is 14.0 Å². The van der Waals surface area contributed by atoms with Crippen LogP contribution in [0.15, 0.2) is 42.5 Å². The molecule has 0 fully saturated rings. The van der Waals surface area contributed by atoms with Crippen LogP contribution in [0, 0.1) is 5.82 Å². The van der Waals surface area contributed by atoms with Gasteiger partial charge in [-0.1, -0.05) is 30.3 Å². The Morgan fingerprint density at radius 1 is 1.07 bits per heavy atom. The van der Waals surface area contributed by atoms with E-state index in [2.05, 4.69) is 5.32 Å². The fraction of sp³-hybridized carbons (Fsp3) is 0.300. The third kappa shape index (κ3) is 6.29. The Labute approximate surface area is 156 Å². The molecule has 2 aromatic rings. The molecule has 0 radical (unpaired) electrons. The van der Waals surface area contributed by atoms with Crippen LogP contribution in [0.5, 0.6) is 11.5 Å². The van der Waals surface area contributed by atoms with Crippen molar-refractivity contribution in [1.82, 2.24) is 5.32 Å². The van der Waals surface area contributed by atoms with Gasteiger partial charge in [-0.25, -0.2) is 4.39 Å². The molecule has 2 aromatic carbocycles. The Morgan fingerprint density at radius 2 is 1.81 bits per heavy atom. The van der Waals surface area contributed by atoms with E-state index in [1.165, 1.54) is 13.2 Å². The highest BCUT2D eigenvalue weighted by atomic mass is 19.1. The predicted octanol–water partition coefficient (Wildman–Crippen LogP) is 2.94. The molecular weight excluding hydrogens is 353 g/mol. The fourth-order valence-electron chi connectivity index (χ4n) is 2.49. The second-order valence-electron chi connectivity index (χ2n) is 5.82. The van der Waals surface area contributed by atoms with Crippen molar-refractivity contribution in [3.8, 4) is 11.5 Å². The standard InChI is InChI=1S/C20H22FNO5/c1-26-17-8-4-6-14(11-12-22-18(23)9-10-19(24)25)20(17)27-13-15-5-2-3-7-16(15)21/h2-8H,9-13H2,1H3,(H,22,23)(H,24,25). The molecule has 0 aromatic heterocycles. The van der Waals surface area contributed by atoms with E-state index in [0.29, 0.717) is 30.0 Å². The van der Waals surface area contributed by atoms with Crippen molar-refractivity contribution in [3.63, 3.8) is 0 Å². The van der Waals surface area contributed by atoms with Gasteiger partial charge in [0.05, 0.1) is 13.5 Å². The molecule has 27 heavy (non-hydrogen) atoms. The molecular formula is C20H22FNO5. The fourth-order valence-corrected chi connectivity index (χ4v) is 2.49. The van der Waals surface area contributed by atoms with Crippen molar-refractivity contribution >= 4 is 11.9 Å². The minimum atomic E-state index is -1.01. The summed E-state index contributed by atoms with van der Waals surface area (Å²) < 4.78 is 24.9. The van der Waals surface area contributed by atoms with E-state index in [-0.39, 0.29) is 31.2 Å². The van der Waals surface area contributed by atoms with Crippen molar-refractivity contribution in [1.29, 1.82) is 0 Å². The number of carbonyl (C=O) groups is 2. The number of hydrogen-bond acceptors (Lipinski definition) is 4. The summed E-state index contributed by atoms with van der Waals surface area (Å²) in [6.45, 7) is 0.368. The number of ether oxygens (including phenoxy) is 2. The summed E-state index contributed by atoms with van der Waals surface area (Å²) in [6, 6.07) is 11.7. The van der Waals surface area contributed by atoms with E-state index in [4.69, 9.17) is 14.6 Å². The van der Waals surface area contributed by atoms with Crippen LogP contribution >= 0.6 is 0 Å². The molecule has 0 atom stereocenters. The van der Waals surface area contributed by atoms with Crippen molar-refractivity contribution in [2.45, 2.75) is 25.9 Å². The Balaban J connectivity index is 2.00. The Bertz CT molecular complexity index is 794. The number of nitrogens with one attached hydrogen (secondary N) is 1. The van der Waals surface area contributed by atoms with Crippen molar-refractivity contribution in [2.75, 3.05) is 13.7 Å². The number of amides is 1. The Morgan fingerprint density at radius 3 is 2.52 bits per heavy atom. The zero-order valence-corrected chi connectivity index (χ0v) is 15.0. The molecule has 144 valence electrons. The molecule has 0 saturated carbocycles. The number of aliphatic carboxylic acids is 1.